The molecule has 26 heavy (non-hydrogen) atoms. The number of carbonyl (C=O) groups is 3. The summed E-state index contributed by atoms with van der Waals surface area (Å²) in [4.78, 5) is 36.7. The van der Waals surface area contributed by atoms with Crippen molar-refractivity contribution in [3.63, 3.8) is 0 Å². The van der Waals surface area contributed by atoms with Crippen molar-refractivity contribution >= 4 is 18.2 Å². The molecule has 0 saturated carbocycles. The molecule has 1 aromatic carbocycles. The zero-order valence-electron chi connectivity index (χ0n) is 14.5. The maximum Gasteiger partial charge on any atom is 0.420 e. The number of imide groups is 1. The van der Waals surface area contributed by atoms with Crippen molar-refractivity contribution in [1.82, 2.24) is 4.90 Å². The van der Waals surface area contributed by atoms with Gasteiger partial charge in [-0.1, -0.05) is 43.0 Å². The predicted octanol–water partition coefficient (Wildman–Crippen LogP) is 2.53. The first kappa shape index (κ1) is 21.2. The summed E-state index contributed by atoms with van der Waals surface area (Å²) in [5, 5.41) is 9.44. The summed E-state index contributed by atoms with van der Waals surface area (Å²) in [5.41, 5.74) is 6.11. The number of benzene rings is 1. The molecule has 2 amide bonds. The van der Waals surface area contributed by atoms with Gasteiger partial charge in [-0.3, -0.25) is 0 Å². The van der Waals surface area contributed by atoms with E-state index in [0.29, 0.717) is 29.8 Å². The number of nitrogens with two attached hydrogens (primary N) is 1. The third kappa shape index (κ3) is 6.94. The van der Waals surface area contributed by atoms with Crippen LogP contribution in [0, 0.1) is 0 Å². The molecular formula is C18H24N2O6. The lowest BCUT2D eigenvalue weighted by molar-refractivity contribution is -0.142. The molecule has 1 atom stereocenters. The van der Waals surface area contributed by atoms with E-state index in [2.05, 4.69) is 6.58 Å². The van der Waals surface area contributed by atoms with Gasteiger partial charge in [0.2, 0.25) is 0 Å². The molecule has 0 heterocycles. The summed E-state index contributed by atoms with van der Waals surface area (Å²) in [6.45, 7) is 3.54. The Kier molecular flexibility index (Phi) is 9.48. The molecule has 8 nitrogen and oxygen atoms in total. The van der Waals surface area contributed by atoms with Gasteiger partial charge in [-0.25, -0.2) is 14.4 Å². The highest BCUT2D eigenvalue weighted by Crippen LogP contribution is 2.14. The van der Waals surface area contributed by atoms with E-state index in [9.17, 15) is 19.5 Å². The van der Waals surface area contributed by atoms with Crippen LogP contribution in [0.15, 0.2) is 43.0 Å². The lowest BCUT2D eigenvalue weighted by atomic mass is 10.1. The van der Waals surface area contributed by atoms with E-state index in [-0.39, 0.29) is 19.6 Å². The van der Waals surface area contributed by atoms with Crippen molar-refractivity contribution in [2.45, 2.75) is 31.9 Å². The van der Waals surface area contributed by atoms with Gasteiger partial charge in [0, 0.05) is 0 Å². The van der Waals surface area contributed by atoms with Crippen LogP contribution in [0.2, 0.25) is 0 Å². The maximum atomic E-state index is 12.4. The van der Waals surface area contributed by atoms with Crippen molar-refractivity contribution in [2.24, 2.45) is 5.73 Å². The number of aliphatic carboxylic acids is 1. The third-order valence-corrected chi connectivity index (χ3v) is 3.45. The zero-order valence-corrected chi connectivity index (χ0v) is 14.5. The number of hydrogen-bond acceptors (Lipinski definition) is 6. The van der Waals surface area contributed by atoms with Crippen molar-refractivity contribution in [3.8, 4) is 0 Å². The van der Waals surface area contributed by atoms with Crippen molar-refractivity contribution in [2.75, 3.05) is 13.2 Å². The van der Waals surface area contributed by atoms with Crippen LogP contribution in [0.3, 0.4) is 0 Å². The lowest BCUT2D eigenvalue weighted by Crippen LogP contribution is -2.49. The minimum atomic E-state index is -1.40. The molecule has 0 aromatic heterocycles. The first-order valence-corrected chi connectivity index (χ1v) is 8.21. The molecule has 0 radical (unpaired) electrons. The Labute approximate surface area is 152 Å². The van der Waals surface area contributed by atoms with E-state index in [0.717, 1.165) is 0 Å². The van der Waals surface area contributed by atoms with E-state index >= 15 is 0 Å². The highest BCUT2D eigenvalue weighted by atomic mass is 16.6. The molecule has 1 rings (SSSR count). The highest BCUT2D eigenvalue weighted by Gasteiger charge is 2.37. The van der Waals surface area contributed by atoms with Crippen molar-refractivity contribution in [3.05, 3.63) is 48.6 Å². The molecule has 0 bridgehead atoms. The van der Waals surface area contributed by atoms with Gasteiger partial charge < -0.3 is 20.3 Å². The number of hydrogen-bond donors (Lipinski definition) is 2. The smallest absolute Gasteiger partial charge is 0.420 e. The number of amides is 2. The summed E-state index contributed by atoms with van der Waals surface area (Å²) in [6, 6.07) is 7.43. The number of carboxylic acids is 1. The quantitative estimate of drug-likeness (QED) is 0.483. The second-order valence-corrected chi connectivity index (χ2v) is 5.41. The summed E-state index contributed by atoms with van der Waals surface area (Å²) in [7, 11) is 0. The Bertz CT molecular complexity index is 605. The van der Waals surface area contributed by atoms with Crippen LogP contribution in [0.4, 0.5) is 9.59 Å². The number of carboxylic acid groups (broad SMARTS) is 1. The Hall–Kier alpha value is -2.87. The first-order valence-electron chi connectivity index (χ1n) is 8.21. The molecule has 0 unspecified atom stereocenters. The van der Waals surface area contributed by atoms with Crippen molar-refractivity contribution < 1.29 is 29.0 Å². The summed E-state index contributed by atoms with van der Waals surface area (Å²) >= 11 is 0. The predicted molar refractivity (Wildman–Crippen MR) is 94.3 cm³/mol. The molecule has 0 fully saturated rings. The van der Waals surface area contributed by atoms with E-state index in [1.54, 1.807) is 24.3 Å². The maximum absolute atomic E-state index is 12.4. The van der Waals surface area contributed by atoms with Gasteiger partial charge in [0.25, 0.3) is 0 Å². The Morgan fingerprint density at radius 2 is 1.81 bits per heavy atom. The number of nitrogens with zero attached hydrogens (tertiary/aromatic N) is 1. The fourth-order valence-electron chi connectivity index (χ4n) is 2.16. The molecule has 0 aliphatic rings. The lowest BCUT2D eigenvalue weighted by Gasteiger charge is -2.25. The molecule has 0 aliphatic carbocycles. The van der Waals surface area contributed by atoms with E-state index in [1.807, 2.05) is 6.07 Å². The average Bonchev–Trinajstić information content (AvgIpc) is 2.64. The third-order valence-electron chi connectivity index (χ3n) is 3.45. The van der Waals surface area contributed by atoms with Gasteiger partial charge >= 0.3 is 18.2 Å². The van der Waals surface area contributed by atoms with Crippen LogP contribution in [-0.2, 0) is 20.9 Å². The minimum absolute atomic E-state index is 0.0517. The van der Waals surface area contributed by atoms with Gasteiger partial charge in [-0.2, -0.15) is 4.90 Å². The Balaban J connectivity index is 2.89. The van der Waals surface area contributed by atoms with Crippen LogP contribution in [0.1, 0.15) is 24.8 Å². The fourth-order valence-corrected chi connectivity index (χ4v) is 2.16. The van der Waals surface area contributed by atoms with Gasteiger partial charge in [-0.05, 0) is 31.4 Å². The monoisotopic (exact) mass is 364 g/mol. The molecular weight excluding hydrogens is 340 g/mol. The Morgan fingerprint density at radius 1 is 1.15 bits per heavy atom. The number of unbranched alkanes of at least 4 members (excludes halogenated alkanes) is 1. The van der Waals surface area contributed by atoms with E-state index in [4.69, 9.17) is 15.2 Å². The SMILES string of the molecule is C=CCOC(=O)N(C(=O)OCc1ccccc1)[C@@H](CCCCN)C(=O)O. The number of rotatable bonds is 10. The summed E-state index contributed by atoms with van der Waals surface area (Å²) < 4.78 is 9.95. The topological polar surface area (TPSA) is 119 Å². The number of ether oxygens (including phenoxy) is 2. The summed E-state index contributed by atoms with van der Waals surface area (Å²) in [5.74, 6) is -1.32. The fraction of sp³-hybridized carbons (Fsp3) is 0.389. The Morgan fingerprint density at radius 3 is 2.38 bits per heavy atom. The van der Waals surface area contributed by atoms with E-state index < -0.39 is 24.2 Å². The average molecular weight is 364 g/mol. The second-order valence-electron chi connectivity index (χ2n) is 5.41. The summed E-state index contributed by atoms with van der Waals surface area (Å²) in [6.07, 6.45) is 0.195. The van der Waals surface area contributed by atoms with Crippen LogP contribution >= 0.6 is 0 Å². The molecule has 1 aromatic rings. The van der Waals surface area contributed by atoms with Gasteiger partial charge in [0.05, 0.1) is 0 Å². The minimum Gasteiger partial charge on any atom is -0.480 e. The van der Waals surface area contributed by atoms with Crippen molar-refractivity contribution in [1.29, 1.82) is 0 Å². The molecule has 0 saturated heterocycles. The second kappa shape index (κ2) is 11.6. The van der Waals surface area contributed by atoms with Gasteiger partial charge in [-0.15, -0.1) is 0 Å². The molecule has 8 heteroatoms. The van der Waals surface area contributed by atoms with Crippen LogP contribution in [0.5, 0.6) is 0 Å². The molecule has 142 valence electrons. The molecule has 0 spiro atoms. The molecule has 3 N–H and O–H groups in total. The van der Waals surface area contributed by atoms with Crippen LogP contribution in [0.25, 0.3) is 0 Å². The largest absolute Gasteiger partial charge is 0.480 e. The normalized spacial score (nSPS) is 11.3. The van der Waals surface area contributed by atoms with Crippen LogP contribution in [-0.4, -0.2) is 47.4 Å². The van der Waals surface area contributed by atoms with Gasteiger partial charge in [0.1, 0.15) is 19.3 Å². The standard InChI is InChI=1S/C18H24N2O6/c1-2-12-25-17(23)20(15(16(21)22)10-6-7-11-19)18(24)26-13-14-8-4-3-5-9-14/h2-5,8-9,15H,1,6-7,10-13,19H2,(H,21,22)/t15-/m0/s1. The van der Waals surface area contributed by atoms with Crippen LogP contribution < -0.4 is 5.73 Å². The highest BCUT2D eigenvalue weighted by molar-refractivity contribution is 5.93. The zero-order chi connectivity index (χ0) is 19.4. The number of carbonyl (C=O) groups excluding carboxylic acids is 2. The van der Waals surface area contributed by atoms with E-state index in [1.165, 1.54) is 6.08 Å². The first-order chi connectivity index (χ1) is 12.5. The van der Waals surface area contributed by atoms with Gasteiger partial charge in [0.15, 0.2) is 0 Å². The molecule has 0 aliphatic heterocycles.